The molecule has 5 heteroatoms. The van der Waals surface area contributed by atoms with Crippen LogP contribution in [0.4, 0.5) is 0 Å². The lowest BCUT2D eigenvalue weighted by Gasteiger charge is -2.27. The van der Waals surface area contributed by atoms with Gasteiger partial charge in [0.25, 0.3) is 0 Å². The van der Waals surface area contributed by atoms with E-state index >= 15 is 0 Å². The summed E-state index contributed by atoms with van der Waals surface area (Å²) in [5.74, 6) is 0. The Bertz CT molecular complexity index is 335. The monoisotopic (exact) mass is 255 g/mol. The Labute approximate surface area is 109 Å². The molecule has 0 radical (unpaired) electrons. The van der Waals surface area contributed by atoms with Gasteiger partial charge in [0.1, 0.15) is 6.04 Å². The van der Waals surface area contributed by atoms with Gasteiger partial charge in [-0.05, 0) is 32.9 Å². The standard InChI is InChI=1S/C13H25N3O2/c1-6-8-14-12(13(17-4)18-5)11-7-9-15-16(11)10(2)3/h7,9-10,12-14H,6,8H2,1-5H3. The van der Waals surface area contributed by atoms with Gasteiger partial charge in [-0.25, -0.2) is 0 Å². The van der Waals surface area contributed by atoms with Gasteiger partial charge in [0.2, 0.25) is 0 Å². The van der Waals surface area contributed by atoms with Crippen molar-refractivity contribution in [3.05, 3.63) is 18.0 Å². The first-order valence-corrected chi connectivity index (χ1v) is 6.48. The van der Waals surface area contributed by atoms with Crippen molar-refractivity contribution in [3.8, 4) is 0 Å². The van der Waals surface area contributed by atoms with Crippen LogP contribution in [0.1, 0.15) is 45.0 Å². The van der Waals surface area contributed by atoms with E-state index in [2.05, 4.69) is 31.2 Å². The van der Waals surface area contributed by atoms with Crippen molar-refractivity contribution in [2.75, 3.05) is 20.8 Å². The molecule has 1 aromatic rings. The Morgan fingerprint density at radius 1 is 1.33 bits per heavy atom. The van der Waals surface area contributed by atoms with Gasteiger partial charge in [-0.2, -0.15) is 5.10 Å². The molecular formula is C13H25N3O2. The van der Waals surface area contributed by atoms with Crippen LogP contribution >= 0.6 is 0 Å². The van der Waals surface area contributed by atoms with Crippen LogP contribution in [0.2, 0.25) is 0 Å². The van der Waals surface area contributed by atoms with Crippen LogP contribution in [0, 0.1) is 0 Å². The Hall–Kier alpha value is -0.910. The highest BCUT2D eigenvalue weighted by molar-refractivity contribution is 5.09. The van der Waals surface area contributed by atoms with Crippen molar-refractivity contribution < 1.29 is 9.47 Å². The van der Waals surface area contributed by atoms with Crippen LogP contribution in [0.25, 0.3) is 0 Å². The molecule has 0 amide bonds. The molecule has 0 aliphatic carbocycles. The van der Waals surface area contributed by atoms with Crippen molar-refractivity contribution >= 4 is 0 Å². The number of hydrogen-bond acceptors (Lipinski definition) is 4. The number of nitrogens with zero attached hydrogens (tertiary/aromatic N) is 2. The van der Waals surface area contributed by atoms with Gasteiger partial charge in [-0.1, -0.05) is 6.92 Å². The summed E-state index contributed by atoms with van der Waals surface area (Å²) in [6.45, 7) is 7.28. The number of methoxy groups -OCH3 is 2. The molecule has 5 nitrogen and oxygen atoms in total. The van der Waals surface area contributed by atoms with Crippen molar-refractivity contribution in [2.45, 2.75) is 45.6 Å². The summed E-state index contributed by atoms with van der Waals surface area (Å²) in [4.78, 5) is 0. The fraction of sp³-hybridized carbons (Fsp3) is 0.769. The lowest BCUT2D eigenvalue weighted by molar-refractivity contribution is -0.125. The van der Waals surface area contributed by atoms with Crippen molar-refractivity contribution in [2.24, 2.45) is 0 Å². The normalized spacial score (nSPS) is 13.5. The summed E-state index contributed by atoms with van der Waals surface area (Å²) < 4.78 is 12.8. The van der Waals surface area contributed by atoms with Crippen LogP contribution in [0.3, 0.4) is 0 Å². The van der Waals surface area contributed by atoms with Gasteiger partial charge in [0, 0.05) is 26.5 Å². The van der Waals surface area contributed by atoms with E-state index in [0.717, 1.165) is 18.7 Å². The maximum atomic E-state index is 5.39. The molecule has 1 unspecified atom stereocenters. The first kappa shape index (κ1) is 15.1. The number of nitrogens with one attached hydrogen (secondary N) is 1. The van der Waals surface area contributed by atoms with Gasteiger partial charge >= 0.3 is 0 Å². The highest BCUT2D eigenvalue weighted by Gasteiger charge is 2.26. The lowest BCUT2D eigenvalue weighted by atomic mass is 10.1. The summed E-state index contributed by atoms with van der Waals surface area (Å²) in [6, 6.07) is 2.32. The quantitative estimate of drug-likeness (QED) is 0.723. The average molecular weight is 255 g/mol. The van der Waals surface area contributed by atoms with Gasteiger partial charge in [0.05, 0.1) is 5.69 Å². The van der Waals surface area contributed by atoms with E-state index < -0.39 is 0 Å². The zero-order valence-electron chi connectivity index (χ0n) is 12.0. The van der Waals surface area contributed by atoms with E-state index in [4.69, 9.17) is 9.47 Å². The maximum Gasteiger partial charge on any atom is 0.177 e. The molecule has 1 aromatic heterocycles. The molecule has 0 bridgehead atoms. The van der Waals surface area contributed by atoms with Gasteiger partial charge in [-0.15, -0.1) is 0 Å². The summed E-state index contributed by atoms with van der Waals surface area (Å²) in [5.41, 5.74) is 1.09. The third-order valence-electron chi connectivity index (χ3n) is 2.86. The second-order valence-corrected chi connectivity index (χ2v) is 4.57. The third kappa shape index (κ3) is 3.54. The van der Waals surface area contributed by atoms with Crippen LogP contribution in [0.15, 0.2) is 12.3 Å². The molecule has 1 rings (SSSR count). The Balaban J connectivity index is 2.96. The molecule has 1 atom stereocenters. The Morgan fingerprint density at radius 2 is 2.00 bits per heavy atom. The Morgan fingerprint density at radius 3 is 2.50 bits per heavy atom. The number of aromatic nitrogens is 2. The molecule has 0 spiro atoms. The molecule has 0 saturated carbocycles. The molecule has 0 saturated heterocycles. The number of hydrogen-bond donors (Lipinski definition) is 1. The van der Waals surface area contributed by atoms with Crippen molar-refractivity contribution in [1.29, 1.82) is 0 Å². The zero-order valence-corrected chi connectivity index (χ0v) is 12.0. The van der Waals surface area contributed by atoms with Gasteiger partial charge in [0.15, 0.2) is 6.29 Å². The Kier molecular flexibility index (Phi) is 6.32. The molecule has 0 aromatic carbocycles. The minimum atomic E-state index is -0.314. The number of ether oxygens (including phenoxy) is 2. The molecule has 0 aliphatic heterocycles. The van der Waals surface area contributed by atoms with E-state index in [1.54, 1.807) is 14.2 Å². The molecular weight excluding hydrogens is 230 g/mol. The van der Waals surface area contributed by atoms with E-state index in [1.807, 2.05) is 16.9 Å². The first-order valence-electron chi connectivity index (χ1n) is 6.48. The molecule has 1 N–H and O–H groups in total. The van der Waals surface area contributed by atoms with Crippen molar-refractivity contribution in [3.63, 3.8) is 0 Å². The minimum Gasteiger partial charge on any atom is -0.354 e. The molecule has 1 heterocycles. The molecule has 0 fully saturated rings. The fourth-order valence-corrected chi connectivity index (χ4v) is 2.01. The summed E-state index contributed by atoms with van der Waals surface area (Å²) in [5, 5.41) is 7.82. The first-order chi connectivity index (χ1) is 8.65. The third-order valence-corrected chi connectivity index (χ3v) is 2.86. The van der Waals surface area contributed by atoms with Crippen molar-refractivity contribution in [1.82, 2.24) is 15.1 Å². The lowest BCUT2D eigenvalue weighted by Crippen LogP contribution is -2.36. The van der Waals surface area contributed by atoms with E-state index in [0.29, 0.717) is 6.04 Å². The SMILES string of the molecule is CCCNC(c1ccnn1C(C)C)C(OC)OC. The maximum absolute atomic E-state index is 5.39. The smallest absolute Gasteiger partial charge is 0.177 e. The minimum absolute atomic E-state index is 0.00940. The molecule has 0 aliphatic rings. The predicted octanol–water partition coefficient (Wildman–Crippen LogP) is 2.12. The van der Waals surface area contributed by atoms with Gasteiger partial charge < -0.3 is 14.8 Å². The molecule has 104 valence electrons. The molecule has 18 heavy (non-hydrogen) atoms. The topological polar surface area (TPSA) is 48.3 Å². The van der Waals surface area contributed by atoms with Crippen LogP contribution < -0.4 is 5.32 Å². The van der Waals surface area contributed by atoms with Crippen LogP contribution in [-0.2, 0) is 9.47 Å². The van der Waals surface area contributed by atoms with Crippen LogP contribution in [0.5, 0.6) is 0 Å². The average Bonchev–Trinajstić information content (AvgIpc) is 2.83. The van der Waals surface area contributed by atoms with E-state index in [9.17, 15) is 0 Å². The second kappa shape index (κ2) is 7.51. The zero-order chi connectivity index (χ0) is 13.5. The largest absolute Gasteiger partial charge is 0.354 e. The fourth-order valence-electron chi connectivity index (χ4n) is 2.01. The highest BCUT2D eigenvalue weighted by Crippen LogP contribution is 2.22. The summed E-state index contributed by atoms with van der Waals surface area (Å²) in [7, 11) is 3.32. The van der Waals surface area contributed by atoms with Gasteiger partial charge in [-0.3, -0.25) is 4.68 Å². The summed E-state index contributed by atoms with van der Waals surface area (Å²) in [6.07, 6.45) is 2.57. The van der Waals surface area contributed by atoms with Crippen LogP contribution in [-0.4, -0.2) is 36.8 Å². The number of rotatable bonds is 8. The highest BCUT2D eigenvalue weighted by atomic mass is 16.7. The predicted molar refractivity (Wildman–Crippen MR) is 71.5 cm³/mol. The van der Waals surface area contributed by atoms with E-state index in [1.165, 1.54) is 0 Å². The second-order valence-electron chi connectivity index (χ2n) is 4.57. The van der Waals surface area contributed by atoms with E-state index in [-0.39, 0.29) is 12.3 Å². The summed E-state index contributed by atoms with van der Waals surface area (Å²) >= 11 is 0.